The molecule has 1 aliphatic carbocycles. The van der Waals surface area contributed by atoms with Crippen LogP contribution in [0.25, 0.3) is 0 Å². The fourth-order valence-electron chi connectivity index (χ4n) is 3.49. The summed E-state index contributed by atoms with van der Waals surface area (Å²) in [5.41, 5.74) is 0. The first-order chi connectivity index (χ1) is 11.9. The van der Waals surface area contributed by atoms with E-state index in [1.54, 1.807) is 11.8 Å². The summed E-state index contributed by atoms with van der Waals surface area (Å²) in [6.07, 6.45) is 2.52. The number of rotatable bonds is 5. The minimum absolute atomic E-state index is 0.000974. The molecule has 2 aliphatic rings. The Bertz CT molecular complexity index is 635. The van der Waals surface area contributed by atoms with Crippen LogP contribution < -0.4 is 5.32 Å². The average Bonchev–Trinajstić information content (AvgIpc) is 3.33. The Morgan fingerprint density at radius 2 is 2.04 bits per heavy atom. The molecule has 1 aliphatic heterocycles. The number of nitrogens with zero attached hydrogens (tertiary/aromatic N) is 1. The van der Waals surface area contributed by atoms with Crippen LogP contribution in [-0.4, -0.2) is 40.5 Å². The van der Waals surface area contributed by atoms with Crippen molar-refractivity contribution in [3.05, 3.63) is 23.7 Å². The van der Waals surface area contributed by atoms with Crippen molar-refractivity contribution < 1.29 is 19.1 Å². The van der Waals surface area contributed by atoms with E-state index in [9.17, 15) is 14.7 Å². The maximum Gasteiger partial charge on any atom is 0.248 e. The summed E-state index contributed by atoms with van der Waals surface area (Å²) in [5.74, 6) is 1.72. The van der Waals surface area contributed by atoms with Gasteiger partial charge in [0.2, 0.25) is 11.8 Å². The van der Waals surface area contributed by atoms with Crippen molar-refractivity contribution in [1.82, 2.24) is 10.2 Å². The van der Waals surface area contributed by atoms with E-state index in [0.29, 0.717) is 12.5 Å². The van der Waals surface area contributed by atoms with Gasteiger partial charge in [-0.3, -0.25) is 9.59 Å². The van der Waals surface area contributed by atoms with Gasteiger partial charge in [-0.2, -0.15) is 0 Å². The number of aliphatic hydroxyl groups excluding tert-OH is 1. The lowest BCUT2D eigenvalue weighted by Gasteiger charge is -2.39. The highest BCUT2D eigenvalue weighted by atomic mass is 16.3. The van der Waals surface area contributed by atoms with E-state index in [0.717, 1.165) is 37.2 Å². The summed E-state index contributed by atoms with van der Waals surface area (Å²) in [7, 11) is 0. The molecular weight excluding hydrogens is 320 g/mol. The van der Waals surface area contributed by atoms with Gasteiger partial charge in [0, 0.05) is 12.5 Å². The van der Waals surface area contributed by atoms with E-state index in [-0.39, 0.29) is 23.8 Å². The molecule has 2 N–H and O–H groups in total. The minimum atomic E-state index is -0.937. The number of carbonyl (C=O) groups is 2. The summed E-state index contributed by atoms with van der Waals surface area (Å²) >= 11 is 0. The molecule has 2 heterocycles. The molecule has 1 saturated heterocycles. The highest BCUT2D eigenvalue weighted by Gasteiger charge is 2.40. The molecule has 25 heavy (non-hydrogen) atoms. The third-order valence-corrected chi connectivity index (χ3v) is 5.23. The number of aliphatic hydroxyl groups is 1. The predicted molar refractivity (Wildman–Crippen MR) is 92.6 cm³/mol. The number of likely N-dealkylation sites (tertiary alicyclic amines) is 1. The maximum absolute atomic E-state index is 13.1. The van der Waals surface area contributed by atoms with E-state index in [2.05, 4.69) is 12.2 Å². The normalized spacial score (nSPS) is 26.2. The second-order valence-corrected chi connectivity index (χ2v) is 7.63. The Morgan fingerprint density at radius 3 is 2.60 bits per heavy atom. The fourth-order valence-corrected chi connectivity index (χ4v) is 3.49. The van der Waals surface area contributed by atoms with Crippen molar-refractivity contribution in [2.75, 3.05) is 6.54 Å². The van der Waals surface area contributed by atoms with Crippen LogP contribution >= 0.6 is 0 Å². The third kappa shape index (κ3) is 4.06. The number of furan rings is 1. The highest BCUT2D eigenvalue weighted by Crippen LogP contribution is 2.35. The van der Waals surface area contributed by atoms with Crippen molar-refractivity contribution in [2.45, 2.75) is 64.6 Å². The van der Waals surface area contributed by atoms with E-state index in [1.165, 1.54) is 0 Å². The number of carbonyl (C=O) groups excluding carboxylic acids is 2. The molecule has 0 spiro atoms. The SMILES string of the molecule is Cc1ccc(C2CC(C)CCN2C(=O)C(NC(=O)C2CC2)C(C)O)o1. The largest absolute Gasteiger partial charge is 0.464 e. The van der Waals surface area contributed by atoms with Crippen LogP contribution in [0.4, 0.5) is 0 Å². The molecule has 0 radical (unpaired) electrons. The van der Waals surface area contributed by atoms with Gasteiger partial charge in [0.05, 0.1) is 12.1 Å². The third-order valence-electron chi connectivity index (χ3n) is 5.23. The summed E-state index contributed by atoms with van der Waals surface area (Å²) in [6, 6.07) is 2.76. The number of amides is 2. The van der Waals surface area contributed by atoms with E-state index < -0.39 is 12.1 Å². The number of hydrogen-bond donors (Lipinski definition) is 2. The quantitative estimate of drug-likeness (QED) is 0.854. The van der Waals surface area contributed by atoms with Crippen LogP contribution in [0, 0.1) is 18.8 Å². The van der Waals surface area contributed by atoms with Crippen LogP contribution in [0.5, 0.6) is 0 Å². The topological polar surface area (TPSA) is 82.8 Å². The van der Waals surface area contributed by atoms with Gasteiger partial charge in [0.1, 0.15) is 17.6 Å². The second kappa shape index (κ2) is 7.20. The Morgan fingerprint density at radius 1 is 1.32 bits per heavy atom. The Balaban J connectivity index is 1.79. The van der Waals surface area contributed by atoms with Crippen molar-refractivity contribution in [3.8, 4) is 0 Å². The summed E-state index contributed by atoms with van der Waals surface area (Å²) in [4.78, 5) is 27.0. The van der Waals surface area contributed by atoms with Crippen molar-refractivity contribution in [1.29, 1.82) is 0 Å². The maximum atomic E-state index is 13.1. The van der Waals surface area contributed by atoms with Gasteiger partial charge in [-0.1, -0.05) is 6.92 Å². The molecule has 2 fully saturated rings. The molecule has 0 bridgehead atoms. The zero-order valence-electron chi connectivity index (χ0n) is 15.2. The molecule has 1 aromatic heterocycles. The van der Waals surface area contributed by atoms with Gasteiger partial charge >= 0.3 is 0 Å². The van der Waals surface area contributed by atoms with Crippen LogP contribution in [0.15, 0.2) is 16.5 Å². The summed E-state index contributed by atoms with van der Waals surface area (Å²) in [6.45, 7) is 6.21. The Labute approximate surface area is 148 Å². The summed E-state index contributed by atoms with van der Waals surface area (Å²) < 4.78 is 5.78. The first-order valence-corrected chi connectivity index (χ1v) is 9.22. The first kappa shape index (κ1) is 18.0. The Kier molecular flexibility index (Phi) is 5.18. The van der Waals surface area contributed by atoms with Crippen molar-refractivity contribution in [2.24, 2.45) is 11.8 Å². The molecule has 6 heteroatoms. The molecule has 2 amide bonds. The van der Waals surface area contributed by atoms with Gasteiger partial charge in [0.15, 0.2) is 0 Å². The van der Waals surface area contributed by atoms with E-state index in [1.807, 2.05) is 19.1 Å². The zero-order valence-corrected chi connectivity index (χ0v) is 15.2. The molecule has 3 rings (SSSR count). The molecule has 6 nitrogen and oxygen atoms in total. The van der Waals surface area contributed by atoms with Crippen LogP contribution in [0.2, 0.25) is 0 Å². The van der Waals surface area contributed by atoms with E-state index in [4.69, 9.17) is 4.42 Å². The van der Waals surface area contributed by atoms with Gasteiger partial charge in [-0.25, -0.2) is 0 Å². The molecule has 4 unspecified atom stereocenters. The van der Waals surface area contributed by atoms with Crippen molar-refractivity contribution in [3.63, 3.8) is 0 Å². The molecule has 1 saturated carbocycles. The molecule has 4 atom stereocenters. The lowest BCUT2D eigenvalue weighted by molar-refractivity contribution is -0.144. The van der Waals surface area contributed by atoms with Gasteiger partial charge in [0.25, 0.3) is 0 Å². The summed E-state index contributed by atoms with van der Waals surface area (Å²) in [5, 5.41) is 12.8. The smallest absolute Gasteiger partial charge is 0.248 e. The van der Waals surface area contributed by atoms with Crippen LogP contribution in [0.3, 0.4) is 0 Å². The van der Waals surface area contributed by atoms with Crippen LogP contribution in [-0.2, 0) is 9.59 Å². The zero-order chi connectivity index (χ0) is 18.1. The van der Waals surface area contributed by atoms with Gasteiger partial charge < -0.3 is 19.7 Å². The van der Waals surface area contributed by atoms with Gasteiger partial charge in [-0.15, -0.1) is 0 Å². The lowest BCUT2D eigenvalue weighted by atomic mass is 9.90. The van der Waals surface area contributed by atoms with E-state index >= 15 is 0 Å². The predicted octanol–water partition coefficient (Wildman–Crippen LogP) is 2.16. The number of hydrogen-bond acceptors (Lipinski definition) is 4. The molecule has 138 valence electrons. The average molecular weight is 348 g/mol. The first-order valence-electron chi connectivity index (χ1n) is 9.22. The molecule has 1 aromatic rings. The standard InChI is InChI=1S/C19H28N2O4/c1-11-8-9-21(15(10-11)16-7-4-12(2)25-16)19(24)17(13(3)22)20-18(23)14-5-6-14/h4,7,11,13-15,17,22H,5-6,8-10H2,1-3H3,(H,20,23). The lowest BCUT2D eigenvalue weighted by Crippen LogP contribution is -2.56. The fraction of sp³-hybridized carbons (Fsp3) is 0.684. The second-order valence-electron chi connectivity index (χ2n) is 7.63. The molecular formula is C19H28N2O4. The minimum Gasteiger partial charge on any atom is -0.464 e. The van der Waals surface area contributed by atoms with Crippen LogP contribution in [0.1, 0.15) is 57.1 Å². The Hall–Kier alpha value is -1.82. The molecule has 0 aromatic carbocycles. The number of nitrogens with one attached hydrogen (secondary N) is 1. The van der Waals surface area contributed by atoms with Gasteiger partial charge in [-0.05, 0) is 57.6 Å². The number of piperidine rings is 1. The monoisotopic (exact) mass is 348 g/mol. The highest BCUT2D eigenvalue weighted by molar-refractivity contribution is 5.90. The number of aryl methyl sites for hydroxylation is 1. The van der Waals surface area contributed by atoms with Crippen molar-refractivity contribution >= 4 is 11.8 Å².